The average molecular weight is 918 g/mol. The molecule has 14 heteroatoms. The van der Waals surface area contributed by atoms with Crippen LogP contribution < -0.4 is 10.1 Å². The maximum Gasteiger partial charge on any atom is 0.476 e. The molecular weight excluding hydrogens is 850 g/mol. The topological polar surface area (TPSA) is 173 Å². The number of allylic oxidation sites excluding steroid dienone is 4. The number of fused-ring (bicyclic) bond motifs is 7. The summed E-state index contributed by atoms with van der Waals surface area (Å²) in [6, 6.07) is 14.3. The standard InChI is InChI=1S/C51H68NO12P/c1-30(2)45(57)52-31(3)40(54)24-33-13-12-14-37(23-33)59-28-32-15-17-34(18-16-32)46-61-43-26-39-38-20-19-35-25-36(53)21-22-49(35,10)44(38)41(55)27-50(39,11)51(43,62-46)42(56)29-60-65(58,63-47(4,5)6)64-48(7,8)9/h12-18,21-23,25,30-31,38-39,41,43-44,46,55H,19-20,24,26-29H2,1-11H3,(H,52,57)/t31-,38-,39-,41-,43+,44+,46+,49-,50-,51+/m0/s1. The van der Waals surface area contributed by atoms with Crippen LogP contribution in [0.2, 0.25) is 0 Å². The van der Waals surface area contributed by atoms with Gasteiger partial charge >= 0.3 is 7.82 Å². The second-order valence-corrected chi connectivity index (χ2v) is 23.0. The Balaban J connectivity index is 1.11. The van der Waals surface area contributed by atoms with Crippen LogP contribution in [-0.2, 0) is 59.8 Å². The fourth-order valence-corrected chi connectivity index (χ4v) is 13.0. The number of hydrogen-bond donors (Lipinski definition) is 2. The first-order valence-electron chi connectivity index (χ1n) is 23.0. The average Bonchev–Trinajstić information content (AvgIpc) is 3.71. The molecule has 4 fully saturated rings. The van der Waals surface area contributed by atoms with Gasteiger partial charge < -0.3 is 24.6 Å². The molecule has 0 spiro atoms. The number of ether oxygens (including phenoxy) is 3. The number of benzene rings is 2. The number of ketones is 3. The van der Waals surface area contributed by atoms with E-state index in [1.165, 1.54) is 0 Å². The first kappa shape index (κ1) is 49.1. The third kappa shape index (κ3) is 9.94. The summed E-state index contributed by atoms with van der Waals surface area (Å²) in [5, 5.41) is 15.0. The van der Waals surface area contributed by atoms with Crippen LogP contribution in [0.4, 0.5) is 0 Å². The van der Waals surface area contributed by atoms with Crippen LogP contribution >= 0.6 is 7.82 Å². The Morgan fingerprint density at radius 3 is 2.29 bits per heavy atom. The maximum atomic E-state index is 15.2. The molecule has 2 N–H and O–H groups in total. The summed E-state index contributed by atoms with van der Waals surface area (Å²) in [5.74, 6) is -0.694. The monoisotopic (exact) mass is 917 g/mol. The minimum absolute atomic E-state index is 0.00781. The van der Waals surface area contributed by atoms with E-state index in [0.717, 1.165) is 23.1 Å². The molecule has 3 saturated carbocycles. The summed E-state index contributed by atoms with van der Waals surface area (Å²) in [7, 11) is -4.30. The molecule has 7 rings (SSSR count). The summed E-state index contributed by atoms with van der Waals surface area (Å²) >= 11 is 0. The molecule has 1 saturated heterocycles. The molecule has 0 unspecified atom stereocenters. The summed E-state index contributed by atoms with van der Waals surface area (Å²) in [5.41, 5.74) is -1.54. The van der Waals surface area contributed by atoms with E-state index in [1.807, 2.05) is 61.5 Å². The first-order chi connectivity index (χ1) is 30.3. The number of rotatable bonds is 15. The Kier molecular flexibility index (Phi) is 13.6. The van der Waals surface area contributed by atoms with Gasteiger partial charge in [-0.3, -0.25) is 32.7 Å². The number of hydrogen-bond acceptors (Lipinski definition) is 12. The van der Waals surface area contributed by atoms with Crippen LogP contribution in [-0.4, -0.2) is 70.0 Å². The minimum Gasteiger partial charge on any atom is -0.489 e. The molecule has 65 heavy (non-hydrogen) atoms. The molecule has 0 aromatic heterocycles. The summed E-state index contributed by atoms with van der Waals surface area (Å²) in [6.07, 6.45) is 5.08. The molecule has 4 aliphatic carbocycles. The number of carbonyl (C=O) groups is 4. The number of aliphatic hydroxyl groups excluding tert-OH is 1. The Bertz CT molecular complexity index is 2250. The van der Waals surface area contributed by atoms with Gasteiger partial charge in [-0.2, -0.15) is 0 Å². The largest absolute Gasteiger partial charge is 0.489 e. The zero-order chi connectivity index (χ0) is 47.5. The number of phosphoric acid groups is 1. The van der Waals surface area contributed by atoms with Gasteiger partial charge in [-0.1, -0.05) is 75.7 Å². The molecule has 1 heterocycles. The molecule has 1 amide bonds. The Morgan fingerprint density at radius 1 is 0.969 bits per heavy atom. The van der Waals surface area contributed by atoms with E-state index in [1.54, 1.807) is 74.5 Å². The molecule has 10 atom stereocenters. The number of Topliss-reactive ketones (excluding diaryl/α,β-unsaturated/α-hetero) is 2. The van der Waals surface area contributed by atoms with Crippen molar-refractivity contribution in [3.8, 4) is 5.75 Å². The van der Waals surface area contributed by atoms with Crippen molar-refractivity contribution >= 4 is 31.1 Å². The van der Waals surface area contributed by atoms with E-state index < -0.39 is 72.4 Å². The lowest BCUT2D eigenvalue weighted by Crippen LogP contribution is -2.63. The van der Waals surface area contributed by atoms with Crippen LogP contribution in [0.25, 0.3) is 0 Å². The van der Waals surface area contributed by atoms with Crippen LogP contribution in [0.1, 0.15) is 125 Å². The van der Waals surface area contributed by atoms with Crippen LogP contribution in [0, 0.1) is 34.5 Å². The lowest BCUT2D eigenvalue weighted by molar-refractivity contribution is -0.201. The van der Waals surface area contributed by atoms with Crippen molar-refractivity contribution in [1.29, 1.82) is 0 Å². The van der Waals surface area contributed by atoms with E-state index in [4.69, 9.17) is 27.8 Å². The highest BCUT2D eigenvalue weighted by Gasteiger charge is 2.76. The summed E-state index contributed by atoms with van der Waals surface area (Å²) < 4.78 is 51.9. The van der Waals surface area contributed by atoms with Crippen LogP contribution in [0.5, 0.6) is 5.75 Å². The van der Waals surface area contributed by atoms with Gasteiger partial charge in [-0.15, -0.1) is 0 Å². The van der Waals surface area contributed by atoms with Gasteiger partial charge in [0.05, 0.1) is 29.5 Å². The van der Waals surface area contributed by atoms with E-state index in [2.05, 4.69) is 12.2 Å². The van der Waals surface area contributed by atoms with Crippen LogP contribution in [0.3, 0.4) is 0 Å². The SMILES string of the molecule is CC(C)C(=O)N[C@@H](C)C(=O)Cc1cccc(OCc2ccc([C@@H]3O[C@@H]4C[C@H]5[C@@H]6CCC7=CC(=O)C=C[C@]7(C)[C@H]6[C@@H](O)C[C@]5(C)[C@]4(C(=O)COP(=O)(OC(C)(C)C)OC(C)(C)C)O3)cc2)c1. The van der Waals surface area contributed by atoms with Gasteiger partial charge in [0.1, 0.15) is 19.0 Å². The molecule has 0 bridgehead atoms. The van der Waals surface area contributed by atoms with Crippen molar-refractivity contribution in [3.05, 3.63) is 89.0 Å². The van der Waals surface area contributed by atoms with Gasteiger partial charge in [0.25, 0.3) is 0 Å². The highest BCUT2D eigenvalue weighted by Crippen LogP contribution is 2.71. The summed E-state index contributed by atoms with van der Waals surface area (Å²) in [4.78, 5) is 52.6. The van der Waals surface area contributed by atoms with E-state index >= 15 is 4.79 Å². The maximum absolute atomic E-state index is 15.2. The molecule has 0 radical (unpaired) electrons. The molecule has 2 aromatic rings. The van der Waals surface area contributed by atoms with Crippen molar-refractivity contribution in [2.75, 3.05) is 6.61 Å². The molecular formula is C51H68NO12P. The Morgan fingerprint density at radius 2 is 1.65 bits per heavy atom. The summed E-state index contributed by atoms with van der Waals surface area (Å²) in [6.45, 7) is 19.4. The van der Waals surface area contributed by atoms with Crippen molar-refractivity contribution in [3.63, 3.8) is 0 Å². The van der Waals surface area contributed by atoms with E-state index in [-0.39, 0.29) is 60.6 Å². The van der Waals surface area contributed by atoms with Gasteiger partial charge in [0.2, 0.25) is 5.91 Å². The third-order valence-corrected chi connectivity index (χ3v) is 16.1. The highest BCUT2D eigenvalue weighted by atomic mass is 31.2. The predicted molar refractivity (Wildman–Crippen MR) is 243 cm³/mol. The van der Waals surface area contributed by atoms with E-state index in [9.17, 15) is 24.1 Å². The predicted octanol–water partition coefficient (Wildman–Crippen LogP) is 8.90. The second kappa shape index (κ2) is 18.0. The molecule has 1 aliphatic heterocycles. The molecule has 5 aliphatic rings. The number of nitrogens with one attached hydrogen (secondary N) is 1. The van der Waals surface area contributed by atoms with Crippen molar-refractivity contribution in [1.82, 2.24) is 5.32 Å². The lowest BCUT2D eigenvalue weighted by atomic mass is 9.46. The van der Waals surface area contributed by atoms with Crippen molar-refractivity contribution in [2.24, 2.45) is 34.5 Å². The zero-order valence-electron chi connectivity index (χ0n) is 39.8. The first-order valence-corrected chi connectivity index (χ1v) is 24.5. The minimum atomic E-state index is -4.30. The quantitative estimate of drug-likeness (QED) is 0.163. The fraction of sp³-hybridized carbons (Fsp3) is 0.608. The normalized spacial score (nSPS) is 31.3. The molecule has 13 nitrogen and oxygen atoms in total. The fourth-order valence-electron chi connectivity index (χ4n) is 11.2. The van der Waals surface area contributed by atoms with Gasteiger partial charge in [0, 0.05) is 34.7 Å². The number of amides is 1. The Hall–Kier alpha value is -3.81. The molecule has 354 valence electrons. The van der Waals surface area contributed by atoms with E-state index in [0.29, 0.717) is 24.2 Å². The second-order valence-electron chi connectivity index (χ2n) is 21.5. The highest BCUT2D eigenvalue weighted by molar-refractivity contribution is 7.48. The van der Waals surface area contributed by atoms with Crippen LogP contribution in [0.15, 0.2) is 72.3 Å². The van der Waals surface area contributed by atoms with Gasteiger partial charge in [0.15, 0.2) is 29.2 Å². The number of phosphoric ester groups is 1. The zero-order valence-corrected chi connectivity index (χ0v) is 40.7. The smallest absolute Gasteiger partial charge is 0.476 e. The number of carbonyl (C=O) groups excluding carboxylic acids is 4. The number of aliphatic hydroxyl groups is 1. The third-order valence-electron chi connectivity index (χ3n) is 14.1. The van der Waals surface area contributed by atoms with Crippen molar-refractivity contribution < 1.29 is 56.6 Å². The lowest BCUT2D eigenvalue weighted by Gasteiger charge is -2.59. The van der Waals surface area contributed by atoms with Crippen molar-refractivity contribution in [2.45, 2.75) is 156 Å². The van der Waals surface area contributed by atoms with Gasteiger partial charge in [-0.05, 0) is 121 Å². The molecule has 2 aromatic carbocycles. The van der Waals surface area contributed by atoms with Gasteiger partial charge in [-0.25, -0.2) is 4.57 Å². The Labute approximate surface area is 384 Å².